The number of carbonyl (C=O) groups excluding carboxylic acids is 1. The Labute approximate surface area is 163 Å². The molecule has 4 rings (SSSR count). The van der Waals surface area contributed by atoms with Gasteiger partial charge in [-0.05, 0) is 24.3 Å². The Kier molecular flexibility index (Phi) is 4.54. The van der Waals surface area contributed by atoms with Crippen LogP contribution in [0.3, 0.4) is 0 Å². The number of aromatic nitrogens is 5. The van der Waals surface area contributed by atoms with E-state index in [0.717, 1.165) is 0 Å². The number of hydrogen-bond acceptors (Lipinski definition) is 7. The first-order chi connectivity index (χ1) is 14.1. The van der Waals surface area contributed by atoms with E-state index in [0.29, 0.717) is 28.8 Å². The van der Waals surface area contributed by atoms with Crippen LogP contribution < -0.4 is 0 Å². The first-order valence-corrected chi connectivity index (χ1v) is 8.63. The summed E-state index contributed by atoms with van der Waals surface area (Å²) < 4.78 is 2.70. The summed E-state index contributed by atoms with van der Waals surface area (Å²) in [4.78, 5) is 23.6. The smallest absolute Gasteiger partial charge is 0.270 e. The van der Waals surface area contributed by atoms with Gasteiger partial charge in [0.15, 0.2) is 0 Å². The molecular weight excluding hydrogens is 374 g/mol. The number of carbonyl (C=O) groups is 1. The summed E-state index contributed by atoms with van der Waals surface area (Å²) >= 11 is 0. The topological polar surface area (TPSA) is 133 Å². The minimum Gasteiger partial charge on any atom is -0.270 e. The summed E-state index contributed by atoms with van der Waals surface area (Å²) in [6.45, 7) is 0.307. The van der Waals surface area contributed by atoms with Crippen molar-refractivity contribution in [3.63, 3.8) is 0 Å². The van der Waals surface area contributed by atoms with Gasteiger partial charge in [-0.1, -0.05) is 17.3 Å². The molecule has 2 aromatic carbocycles. The second-order valence-electron chi connectivity index (χ2n) is 6.16. The molecule has 10 heteroatoms. The van der Waals surface area contributed by atoms with Crippen LogP contribution in [0.25, 0.3) is 22.3 Å². The van der Waals surface area contributed by atoms with E-state index in [9.17, 15) is 14.9 Å². The van der Waals surface area contributed by atoms with E-state index in [4.69, 9.17) is 5.26 Å². The summed E-state index contributed by atoms with van der Waals surface area (Å²) in [5, 5.41) is 32.1. The van der Waals surface area contributed by atoms with Crippen molar-refractivity contribution in [1.29, 1.82) is 5.26 Å². The highest BCUT2D eigenvalue weighted by atomic mass is 16.6. The largest absolute Gasteiger partial charge is 0.284 e. The molecule has 10 nitrogen and oxygen atoms in total. The van der Waals surface area contributed by atoms with Crippen molar-refractivity contribution in [2.24, 2.45) is 0 Å². The molecule has 0 saturated carbocycles. The molecule has 0 unspecified atom stereocenters. The number of nitro groups is 1. The van der Waals surface area contributed by atoms with Crippen LogP contribution in [0.2, 0.25) is 0 Å². The molecular formula is C19H13N7O3. The Bertz CT molecular complexity index is 1270. The molecule has 0 atom stereocenters. The van der Waals surface area contributed by atoms with Gasteiger partial charge in [0.05, 0.1) is 35.0 Å². The molecule has 0 amide bonds. The Balaban J connectivity index is 1.81. The molecule has 2 aromatic heterocycles. The average Bonchev–Trinajstić information content (AvgIpc) is 3.36. The van der Waals surface area contributed by atoms with Gasteiger partial charge in [0, 0.05) is 23.9 Å². The molecule has 0 spiro atoms. The third kappa shape index (κ3) is 3.32. The van der Waals surface area contributed by atoms with Crippen LogP contribution in [-0.4, -0.2) is 35.6 Å². The minimum atomic E-state index is -0.497. The van der Waals surface area contributed by atoms with Gasteiger partial charge >= 0.3 is 0 Å². The van der Waals surface area contributed by atoms with Gasteiger partial charge < -0.3 is 0 Å². The average molecular weight is 387 g/mol. The molecule has 0 fully saturated rings. The van der Waals surface area contributed by atoms with Crippen LogP contribution in [0.5, 0.6) is 0 Å². The molecule has 29 heavy (non-hydrogen) atoms. The SMILES string of the molecule is N#CCCn1cc(C(=O)n2nnc3ccccc32)c(-c2ccc([N+](=O)[O-])cc2)n1. The summed E-state index contributed by atoms with van der Waals surface area (Å²) in [5.41, 5.74) is 2.22. The Morgan fingerprint density at radius 1 is 1.17 bits per heavy atom. The van der Waals surface area contributed by atoms with Crippen LogP contribution in [-0.2, 0) is 6.54 Å². The summed E-state index contributed by atoms with van der Waals surface area (Å²) in [7, 11) is 0. The van der Waals surface area contributed by atoms with Crippen LogP contribution in [0, 0.1) is 21.4 Å². The zero-order valence-electron chi connectivity index (χ0n) is 15.0. The molecule has 0 N–H and O–H groups in total. The van der Waals surface area contributed by atoms with Gasteiger partial charge in [0.25, 0.3) is 11.6 Å². The van der Waals surface area contributed by atoms with Crippen LogP contribution in [0.1, 0.15) is 16.8 Å². The molecule has 0 radical (unpaired) electrons. The number of rotatable bonds is 5. The fraction of sp³-hybridized carbons (Fsp3) is 0.105. The molecule has 2 heterocycles. The second kappa shape index (κ2) is 7.32. The lowest BCUT2D eigenvalue weighted by Crippen LogP contribution is -2.14. The molecule has 142 valence electrons. The monoisotopic (exact) mass is 387 g/mol. The number of nitriles is 1. The number of nitro benzene ring substituents is 1. The van der Waals surface area contributed by atoms with Gasteiger partial charge in [-0.15, -0.1) is 5.10 Å². The van der Waals surface area contributed by atoms with Crippen LogP contribution in [0.15, 0.2) is 54.7 Å². The summed E-state index contributed by atoms with van der Waals surface area (Å²) in [5.74, 6) is -0.435. The summed E-state index contributed by atoms with van der Waals surface area (Å²) in [6.07, 6.45) is 1.77. The molecule has 0 aliphatic carbocycles. The third-order valence-corrected chi connectivity index (χ3v) is 4.34. The second-order valence-corrected chi connectivity index (χ2v) is 6.16. The lowest BCUT2D eigenvalue weighted by atomic mass is 10.1. The molecule has 4 aromatic rings. The van der Waals surface area contributed by atoms with Crippen molar-refractivity contribution < 1.29 is 9.72 Å². The van der Waals surface area contributed by atoms with E-state index in [1.165, 1.54) is 33.6 Å². The van der Waals surface area contributed by atoms with E-state index >= 15 is 0 Å². The van der Waals surface area contributed by atoms with Crippen molar-refractivity contribution in [3.8, 4) is 17.3 Å². The van der Waals surface area contributed by atoms with Crippen LogP contribution >= 0.6 is 0 Å². The molecule has 0 saturated heterocycles. The number of non-ortho nitro benzene ring substituents is 1. The van der Waals surface area contributed by atoms with Crippen molar-refractivity contribution in [2.45, 2.75) is 13.0 Å². The number of aryl methyl sites for hydroxylation is 1. The van der Waals surface area contributed by atoms with Crippen LogP contribution in [0.4, 0.5) is 5.69 Å². The number of nitrogens with zero attached hydrogens (tertiary/aromatic N) is 7. The normalized spacial score (nSPS) is 10.7. The highest BCUT2D eigenvalue weighted by Gasteiger charge is 2.22. The quantitative estimate of drug-likeness (QED) is 0.380. The Hall–Kier alpha value is -4.39. The lowest BCUT2D eigenvalue weighted by Gasteiger charge is -2.02. The van der Waals surface area contributed by atoms with E-state index in [-0.39, 0.29) is 17.7 Å². The molecule has 0 aliphatic heterocycles. The van der Waals surface area contributed by atoms with E-state index in [1.807, 2.05) is 6.07 Å². The fourth-order valence-corrected chi connectivity index (χ4v) is 2.94. The number of benzene rings is 2. The van der Waals surface area contributed by atoms with Crippen molar-refractivity contribution in [3.05, 3.63) is 70.4 Å². The zero-order valence-corrected chi connectivity index (χ0v) is 15.0. The Morgan fingerprint density at radius 3 is 2.66 bits per heavy atom. The van der Waals surface area contributed by atoms with Gasteiger partial charge in [0.1, 0.15) is 11.2 Å². The van der Waals surface area contributed by atoms with Crippen molar-refractivity contribution >= 4 is 22.6 Å². The standard InChI is InChI=1S/C19H13N7O3/c20-10-3-11-24-12-15(18(22-24)13-6-8-14(9-7-13)26(28)29)19(27)25-17-5-2-1-4-16(17)21-23-25/h1-2,4-9,12H,3,11H2. The third-order valence-electron chi connectivity index (χ3n) is 4.34. The predicted molar refractivity (Wildman–Crippen MR) is 102 cm³/mol. The van der Waals surface area contributed by atoms with Crippen molar-refractivity contribution in [1.82, 2.24) is 24.8 Å². The first kappa shape index (κ1) is 18.0. The van der Waals surface area contributed by atoms with Gasteiger partial charge in [-0.3, -0.25) is 19.6 Å². The van der Waals surface area contributed by atoms with Gasteiger partial charge in [-0.25, -0.2) is 0 Å². The predicted octanol–water partition coefficient (Wildman–Crippen LogP) is 2.81. The maximum atomic E-state index is 13.2. The van der Waals surface area contributed by atoms with E-state index < -0.39 is 10.8 Å². The number of para-hydroxylation sites is 1. The molecule has 0 aliphatic rings. The highest BCUT2D eigenvalue weighted by molar-refractivity contribution is 6.04. The Morgan fingerprint density at radius 2 is 1.93 bits per heavy atom. The van der Waals surface area contributed by atoms with E-state index in [1.54, 1.807) is 30.5 Å². The fourth-order valence-electron chi connectivity index (χ4n) is 2.94. The van der Waals surface area contributed by atoms with Gasteiger partial charge in [0.2, 0.25) is 0 Å². The van der Waals surface area contributed by atoms with E-state index in [2.05, 4.69) is 15.4 Å². The lowest BCUT2D eigenvalue weighted by molar-refractivity contribution is -0.384. The zero-order chi connectivity index (χ0) is 20.4. The first-order valence-electron chi connectivity index (χ1n) is 8.63. The molecule has 0 bridgehead atoms. The number of fused-ring (bicyclic) bond motifs is 1. The minimum absolute atomic E-state index is 0.0622. The maximum Gasteiger partial charge on any atom is 0.284 e. The van der Waals surface area contributed by atoms with Gasteiger partial charge in [-0.2, -0.15) is 15.0 Å². The summed E-state index contributed by atoms with van der Waals surface area (Å²) in [6, 6.07) is 14.9. The maximum absolute atomic E-state index is 13.2. The van der Waals surface area contributed by atoms with Crippen molar-refractivity contribution in [2.75, 3.05) is 0 Å². The number of hydrogen-bond donors (Lipinski definition) is 0. The highest BCUT2D eigenvalue weighted by Crippen LogP contribution is 2.26.